The molecule has 0 aliphatic rings. The van der Waals surface area contributed by atoms with E-state index in [4.69, 9.17) is 11.0 Å². The van der Waals surface area contributed by atoms with Crippen molar-refractivity contribution in [2.24, 2.45) is 5.73 Å². The van der Waals surface area contributed by atoms with Gasteiger partial charge in [-0.25, -0.2) is 0 Å². The summed E-state index contributed by atoms with van der Waals surface area (Å²) in [4.78, 5) is 11.2. The van der Waals surface area contributed by atoms with Gasteiger partial charge in [-0.15, -0.1) is 0 Å². The molecule has 1 heterocycles. The van der Waals surface area contributed by atoms with Gasteiger partial charge in [-0.1, -0.05) is 22.0 Å². The van der Waals surface area contributed by atoms with Gasteiger partial charge in [-0.2, -0.15) is 5.26 Å². The van der Waals surface area contributed by atoms with Crippen LogP contribution in [-0.4, -0.2) is 10.5 Å². The zero-order chi connectivity index (χ0) is 15.6. The summed E-state index contributed by atoms with van der Waals surface area (Å²) in [6, 6.07) is 11.7. The first-order valence-electron chi connectivity index (χ1n) is 6.30. The van der Waals surface area contributed by atoms with E-state index >= 15 is 0 Å². The maximum absolute atomic E-state index is 11.2. The number of hydrogen-bond donors (Lipinski definition) is 1. The van der Waals surface area contributed by atoms with Gasteiger partial charge < -0.3 is 10.3 Å². The Morgan fingerprint density at radius 2 is 2.10 bits per heavy atom. The van der Waals surface area contributed by atoms with Crippen molar-refractivity contribution < 1.29 is 4.79 Å². The first-order valence-corrected chi connectivity index (χ1v) is 7.10. The summed E-state index contributed by atoms with van der Waals surface area (Å²) < 4.78 is 3.05. The highest BCUT2D eigenvalue weighted by Gasteiger charge is 2.12. The van der Waals surface area contributed by atoms with E-state index in [2.05, 4.69) is 20.5 Å². The molecule has 106 valence electrons. The number of nitriles is 1. The van der Waals surface area contributed by atoms with Crippen LogP contribution in [-0.2, 0) is 4.79 Å². The first-order chi connectivity index (χ1) is 9.93. The lowest BCUT2D eigenvalue weighted by atomic mass is 10.1. The molecule has 0 fully saturated rings. The molecule has 5 heteroatoms. The van der Waals surface area contributed by atoms with Crippen LogP contribution in [0.1, 0.15) is 17.0 Å². The van der Waals surface area contributed by atoms with E-state index in [0.717, 1.165) is 27.1 Å². The molecule has 0 unspecified atom stereocenters. The molecule has 0 saturated carbocycles. The molecule has 0 saturated heterocycles. The Morgan fingerprint density at radius 3 is 2.67 bits per heavy atom. The third-order valence-corrected chi connectivity index (χ3v) is 3.72. The average Bonchev–Trinajstić information content (AvgIpc) is 2.70. The number of amides is 1. The van der Waals surface area contributed by atoms with Crippen molar-refractivity contribution in [3.63, 3.8) is 0 Å². The van der Waals surface area contributed by atoms with Crippen molar-refractivity contribution in [2.45, 2.75) is 13.8 Å². The number of benzene rings is 1. The highest BCUT2D eigenvalue weighted by Crippen LogP contribution is 2.24. The van der Waals surface area contributed by atoms with Crippen molar-refractivity contribution >= 4 is 27.9 Å². The molecular formula is C16H14BrN3O. The van der Waals surface area contributed by atoms with Gasteiger partial charge in [0, 0.05) is 21.5 Å². The normalized spacial score (nSPS) is 11.2. The summed E-state index contributed by atoms with van der Waals surface area (Å²) >= 11 is 3.46. The maximum atomic E-state index is 11.2. The molecular weight excluding hydrogens is 330 g/mol. The standard InChI is InChI=1S/C16H14BrN3O/c1-10-6-12(7-13(9-18)16(19)21)11(2)20(10)15-5-3-4-14(17)8-15/h3-8H,1-2H3,(H2,19,21)/b13-7+. The van der Waals surface area contributed by atoms with Crippen LogP contribution in [0.15, 0.2) is 40.4 Å². The number of primary amides is 1. The molecule has 1 amide bonds. The molecule has 0 bridgehead atoms. The monoisotopic (exact) mass is 343 g/mol. The minimum Gasteiger partial charge on any atom is -0.365 e. The van der Waals surface area contributed by atoms with Crippen LogP contribution in [0.4, 0.5) is 0 Å². The number of nitrogens with two attached hydrogens (primary N) is 1. The van der Waals surface area contributed by atoms with Crippen molar-refractivity contribution in [3.05, 3.63) is 57.3 Å². The predicted octanol–water partition coefficient (Wildman–Crippen LogP) is 3.25. The summed E-state index contributed by atoms with van der Waals surface area (Å²) in [5.74, 6) is -0.718. The van der Waals surface area contributed by atoms with E-state index in [1.54, 1.807) is 0 Å². The SMILES string of the molecule is Cc1cc(/C=C(\C#N)C(N)=O)c(C)n1-c1cccc(Br)c1. The lowest BCUT2D eigenvalue weighted by Gasteiger charge is -2.10. The molecule has 1 aromatic carbocycles. The van der Waals surface area contributed by atoms with Crippen LogP contribution in [0.2, 0.25) is 0 Å². The molecule has 4 nitrogen and oxygen atoms in total. The Bertz CT molecular complexity index is 781. The molecule has 0 spiro atoms. The van der Waals surface area contributed by atoms with E-state index < -0.39 is 5.91 Å². The number of aromatic nitrogens is 1. The van der Waals surface area contributed by atoms with Crippen LogP contribution >= 0.6 is 15.9 Å². The van der Waals surface area contributed by atoms with Gasteiger partial charge in [0.1, 0.15) is 11.6 Å². The first kappa shape index (κ1) is 15.1. The smallest absolute Gasteiger partial charge is 0.259 e. The second-order valence-electron chi connectivity index (χ2n) is 4.68. The average molecular weight is 344 g/mol. The highest BCUT2D eigenvalue weighted by atomic mass is 79.9. The third kappa shape index (κ3) is 3.06. The van der Waals surface area contributed by atoms with Crippen LogP contribution in [0.5, 0.6) is 0 Å². The largest absolute Gasteiger partial charge is 0.365 e. The van der Waals surface area contributed by atoms with E-state index in [1.807, 2.05) is 50.2 Å². The summed E-state index contributed by atoms with van der Waals surface area (Å²) in [5, 5.41) is 8.95. The van der Waals surface area contributed by atoms with Gasteiger partial charge in [-0.05, 0) is 49.8 Å². The van der Waals surface area contributed by atoms with Gasteiger partial charge in [0.2, 0.25) is 0 Å². The molecule has 2 N–H and O–H groups in total. The number of rotatable bonds is 3. The number of halogens is 1. The molecule has 0 aliphatic heterocycles. The molecule has 0 aliphatic carbocycles. The Morgan fingerprint density at radius 1 is 1.38 bits per heavy atom. The Labute approximate surface area is 131 Å². The van der Waals surface area contributed by atoms with Gasteiger partial charge in [0.25, 0.3) is 5.91 Å². The second-order valence-corrected chi connectivity index (χ2v) is 5.59. The number of hydrogen-bond acceptors (Lipinski definition) is 2. The molecule has 0 atom stereocenters. The van der Waals surface area contributed by atoms with Crippen molar-refractivity contribution in [1.29, 1.82) is 5.26 Å². The molecule has 2 rings (SSSR count). The van der Waals surface area contributed by atoms with Crippen LogP contribution in [0, 0.1) is 25.2 Å². The summed E-state index contributed by atoms with van der Waals surface area (Å²) in [6.07, 6.45) is 1.53. The number of carbonyl (C=O) groups excluding carboxylic acids is 1. The zero-order valence-electron chi connectivity index (χ0n) is 11.7. The Kier molecular flexibility index (Phi) is 4.29. The van der Waals surface area contributed by atoms with E-state index in [9.17, 15) is 4.79 Å². The van der Waals surface area contributed by atoms with Crippen LogP contribution in [0.25, 0.3) is 11.8 Å². The van der Waals surface area contributed by atoms with Gasteiger partial charge in [-0.3, -0.25) is 4.79 Å². The topological polar surface area (TPSA) is 71.8 Å². The maximum Gasteiger partial charge on any atom is 0.259 e. The van der Waals surface area contributed by atoms with E-state index in [0.29, 0.717) is 0 Å². The summed E-state index contributed by atoms with van der Waals surface area (Å²) in [5.41, 5.74) is 8.90. The fraction of sp³-hybridized carbons (Fsp3) is 0.125. The fourth-order valence-corrected chi connectivity index (χ4v) is 2.65. The highest BCUT2D eigenvalue weighted by molar-refractivity contribution is 9.10. The van der Waals surface area contributed by atoms with Crippen LogP contribution < -0.4 is 5.73 Å². The van der Waals surface area contributed by atoms with Gasteiger partial charge in [0.05, 0.1) is 0 Å². The van der Waals surface area contributed by atoms with E-state index in [1.165, 1.54) is 6.08 Å². The minimum atomic E-state index is -0.718. The lowest BCUT2D eigenvalue weighted by Crippen LogP contribution is -2.12. The van der Waals surface area contributed by atoms with Crippen molar-refractivity contribution in [3.8, 4) is 11.8 Å². The predicted molar refractivity (Wildman–Crippen MR) is 85.7 cm³/mol. The van der Waals surface area contributed by atoms with Crippen LogP contribution in [0.3, 0.4) is 0 Å². The number of nitrogens with zero attached hydrogens (tertiary/aromatic N) is 2. The van der Waals surface area contributed by atoms with E-state index in [-0.39, 0.29) is 5.57 Å². The Hall–Kier alpha value is -2.32. The number of carbonyl (C=O) groups is 1. The zero-order valence-corrected chi connectivity index (χ0v) is 13.3. The van der Waals surface area contributed by atoms with Gasteiger partial charge >= 0.3 is 0 Å². The fourth-order valence-electron chi connectivity index (χ4n) is 2.26. The summed E-state index contributed by atoms with van der Waals surface area (Å²) in [7, 11) is 0. The quantitative estimate of drug-likeness (QED) is 0.686. The molecule has 2 aromatic rings. The minimum absolute atomic E-state index is 0.0514. The lowest BCUT2D eigenvalue weighted by molar-refractivity contribution is -0.114. The molecule has 21 heavy (non-hydrogen) atoms. The molecule has 0 radical (unpaired) electrons. The number of aryl methyl sites for hydroxylation is 1. The third-order valence-electron chi connectivity index (χ3n) is 3.22. The summed E-state index contributed by atoms with van der Waals surface area (Å²) in [6.45, 7) is 3.91. The molecule has 1 aromatic heterocycles. The van der Waals surface area contributed by atoms with Gasteiger partial charge in [0.15, 0.2) is 0 Å². The van der Waals surface area contributed by atoms with Crippen molar-refractivity contribution in [1.82, 2.24) is 4.57 Å². The van der Waals surface area contributed by atoms with Crippen molar-refractivity contribution in [2.75, 3.05) is 0 Å². The Balaban J connectivity index is 2.58. The second kappa shape index (κ2) is 5.98.